The number of nitro benzene ring substituents is 1. The van der Waals surface area contributed by atoms with E-state index in [1.54, 1.807) is 0 Å². The summed E-state index contributed by atoms with van der Waals surface area (Å²) in [6, 6.07) is 1.59. The van der Waals surface area contributed by atoms with Crippen LogP contribution in [0.25, 0.3) is 0 Å². The second kappa shape index (κ2) is 6.07. The predicted molar refractivity (Wildman–Crippen MR) is 64.1 cm³/mol. The van der Waals surface area contributed by atoms with Crippen LogP contribution in [-0.4, -0.2) is 31.7 Å². The zero-order chi connectivity index (χ0) is 13.9. The van der Waals surface area contributed by atoms with Crippen molar-refractivity contribution in [1.29, 1.82) is 0 Å². The molecule has 18 heavy (non-hydrogen) atoms. The molecule has 6 nitrogen and oxygen atoms in total. The molecule has 8 heteroatoms. The summed E-state index contributed by atoms with van der Waals surface area (Å²) in [5.74, 6) is -2.31. The molecule has 0 fully saturated rings. The highest BCUT2D eigenvalue weighted by molar-refractivity contribution is 9.09. The molecule has 1 rings (SSSR count). The molecule has 2 unspecified atom stereocenters. The van der Waals surface area contributed by atoms with Crippen LogP contribution in [-0.2, 0) is 0 Å². The molecule has 0 bridgehead atoms. The highest BCUT2D eigenvalue weighted by Gasteiger charge is 2.25. The van der Waals surface area contributed by atoms with Gasteiger partial charge in [-0.05, 0) is 18.1 Å². The number of hydrogen-bond acceptors (Lipinski definition) is 5. The second-order valence-electron chi connectivity index (χ2n) is 3.62. The van der Waals surface area contributed by atoms with E-state index >= 15 is 0 Å². The largest absolute Gasteiger partial charge is 0.500 e. The third-order valence-corrected chi connectivity index (χ3v) is 2.83. The molecule has 0 saturated heterocycles. The second-order valence-corrected chi connectivity index (χ2v) is 4.41. The summed E-state index contributed by atoms with van der Waals surface area (Å²) < 4.78 is 13.3. The van der Waals surface area contributed by atoms with E-state index in [9.17, 15) is 24.7 Å². The van der Waals surface area contributed by atoms with Crippen LogP contribution < -0.4 is 0 Å². The molecule has 3 N–H and O–H groups in total. The fourth-order valence-electron chi connectivity index (χ4n) is 1.41. The van der Waals surface area contributed by atoms with E-state index in [2.05, 4.69) is 15.9 Å². The monoisotopic (exact) mass is 323 g/mol. The quantitative estimate of drug-likeness (QED) is 0.434. The van der Waals surface area contributed by atoms with E-state index in [1.807, 2.05) is 0 Å². The Morgan fingerprint density at radius 1 is 1.44 bits per heavy atom. The van der Waals surface area contributed by atoms with Gasteiger partial charge in [0.2, 0.25) is 5.75 Å². The number of nitro groups is 1. The smallest absolute Gasteiger partial charge is 0.314 e. The maximum absolute atomic E-state index is 13.3. The van der Waals surface area contributed by atoms with Crippen molar-refractivity contribution in [3.63, 3.8) is 0 Å². The Morgan fingerprint density at radius 2 is 2.06 bits per heavy atom. The van der Waals surface area contributed by atoms with E-state index in [-0.39, 0.29) is 12.0 Å². The Kier molecular flexibility index (Phi) is 5.00. The van der Waals surface area contributed by atoms with Crippen LogP contribution in [0.2, 0.25) is 0 Å². The molecule has 0 radical (unpaired) electrons. The number of alkyl halides is 1. The Balaban J connectivity index is 3.14. The normalized spacial score (nSPS) is 14.2. The molecule has 0 aliphatic rings. The molecule has 0 aromatic heterocycles. The molecule has 100 valence electrons. The zero-order valence-electron chi connectivity index (χ0n) is 9.08. The third kappa shape index (κ3) is 3.15. The highest BCUT2D eigenvalue weighted by atomic mass is 79.9. The first-order valence-electron chi connectivity index (χ1n) is 4.97. The fourth-order valence-corrected chi connectivity index (χ4v) is 1.88. The molecular weight excluding hydrogens is 313 g/mol. The molecule has 0 amide bonds. The van der Waals surface area contributed by atoms with Gasteiger partial charge >= 0.3 is 5.69 Å². The predicted octanol–water partition coefficient (Wildman–Crippen LogP) is 1.62. The van der Waals surface area contributed by atoms with E-state index in [4.69, 9.17) is 5.11 Å². The number of phenolic OH excluding ortho intramolecular Hbond substituents is 1. The minimum absolute atomic E-state index is 0.162. The van der Waals surface area contributed by atoms with Crippen LogP contribution in [0.5, 0.6) is 5.75 Å². The molecule has 1 aromatic carbocycles. The van der Waals surface area contributed by atoms with Crippen molar-refractivity contribution < 1.29 is 24.6 Å². The first-order valence-corrected chi connectivity index (χ1v) is 6.09. The number of halogens is 2. The lowest BCUT2D eigenvalue weighted by atomic mass is 10.0. The van der Waals surface area contributed by atoms with Crippen LogP contribution in [0.15, 0.2) is 12.1 Å². The highest BCUT2D eigenvalue weighted by Crippen LogP contribution is 2.33. The summed E-state index contributed by atoms with van der Waals surface area (Å²) in [4.78, 5) is 9.60. The van der Waals surface area contributed by atoms with E-state index in [0.717, 1.165) is 12.1 Å². The molecular formula is C10H11BrFNO5. The van der Waals surface area contributed by atoms with Gasteiger partial charge in [-0.25, -0.2) is 4.39 Å². The van der Waals surface area contributed by atoms with Gasteiger partial charge in [-0.15, -0.1) is 0 Å². The Labute approximate surface area is 110 Å². The Bertz CT molecular complexity index is 456. The summed E-state index contributed by atoms with van der Waals surface area (Å²) in [6.07, 6.45) is -2.46. The van der Waals surface area contributed by atoms with Gasteiger partial charge in [0.1, 0.15) is 6.10 Å². The number of phenols is 1. The summed E-state index contributed by atoms with van der Waals surface area (Å²) in [6.45, 7) is 0. The van der Waals surface area contributed by atoms with Crippen molar-refractivity contribution in [2.45, 2.75) is 18.6 Å². The molecule has 0 aliphatic carbocycles. The van der Waals surface area contributed by atoms with Gasteiger partial charge in [-0.3, -0.25) is 10.1 Å². The molecule has 2 atom stereocenters. The molecule has 0 spiro atoms. The number of nitrogens with zero attached hydrogens (tertiary/aromatic N) is 1. The van der Waals surface area contributed by atoms with Gasteiger partial charge in [-0.2, -0.15) is 0 Å². The average molecular weight is 324 g/mol. The minimum Gasteiger partial charge on any atom is -0.500 e. The number of rotatable bonds is 5. The van der Waals surface area contributed by atoms with Gasteiger partial charge in [0.05, 0.1) is 11.0 Å². The maximum Gasteiger partial charge on any atom is 0.314 e. The summed E-state index contributed by atoms with van der Waals surface area (Å²) in [5, 5.41) is 39.4. The Hall–Kier alpha value is -1.25. The lowest BCUT2D eigenvalue weighted by Crippen LogP contribution is -2.19. The Morgan fingerprint density at radius 3 is 2.56 bits per heavy atom. The van der Waals surface area contributed by atoms with Crippen molar-refractivity contribution in [2.24, 2.45) is 0 Å². The van der Waals surface area contributed by atoms with Gasteiger partial charge in [0.25, 0.3) is 0 Å². The number of hydrogen-bond donors (Lipinski definition) is 3. The number of benzene rings is 1. The molecule has 1 aromatic rings. The standard InChI is InChI=1S/C10H11BrFNO5/c11-2-1-8(14)9(15)5-3-6(12)10(16)7(4-5)13(17)18/h3-4,8-9,14-16H,1-2H2. The van der Waals surface area contributed by atoms with Gasteiger partial charge in [-0.1, -0.05) is 15.9 Å². The summed E-state index contributed by atoms with van der Waals surface area (Å²) in [7, 11) is 0. The van der Waals surface area contributed by atoms with E-state index in [1.165, 1.54) is 0 Å². The minimum atomic E-state index is -1.46. The van der Waals surface area contributed by atoms with Crippen molar-refractivity contribution in [3.05, 3.63) is 33.6 Å². The zero-order valence-corrected chi connectivity index (χ0v) is 10.7. The first-order chi connectivity index (χ1) is 8.38. The van der Waals surface area contributed by atoms with E-state index < -0.39 is 34.4 Å². The SMILES string of the molecule is O=[N+]([O-])c1cc(C(O)C(O)CCBr)cc(F)c1O. The van der Waals surface area contributed by atoms with Crippen LogP contribution in [0.1, 0.15) is 18.1 Å². The summed E-state index contributed by atoms with van der Waals surface area (Å²) >= 11 is 3.06. The van der Waals surface area contributed by atoms with Gasteiger partial charge < -0.3 is 15.3 Å². The molecule has 0 heterocycles. The number of aliphatic hydroxyl groups is 2. The molecule has 0 saturated carbocycles. The number of aliphatic hydroxyl groups excluding tert-OH is 2. The van der Waals surface area contributed by atoms with Crippen molar-refractivity contribution >= 4 is 21.6 Å². The van der Waals surface area contributed by atoms with Crippen LogP contribution in [0, 0.1) is 15.9 Å². The van der Waals surface area contributed by atoms with Crippen molar-refractivity contribution in [3.8, 4) is 5.75 Å². The van der Waals surface area contributed by atoms with Crippen LogP contribution in [0.4, 0.5) is 10.1 Å². The van der Waals surface area contributed by atoms with Gasteiger partial charge in [0.15, 0.2) is 5.82 Å². The van der Waals surface area contributed by atoms with Gasteiger partial charge in [0, 0.05) is 11.4 Å². The third-order valence-electron chi connectivity index (χ3n) is 2.37. The topological polar surface area (TPSA) is 104 Å². The van der Waals surface area contributed by atoms with Crippen molar-refractivity contribution in [2.75, 3.05) is 5.33 Å². The average Bonchev–Trinajstić information content (AvgIpc) is 2.31. The number of aromatic hydroxyl groups is 1. The van der Waals surface area contributed by atoms with Crippen molar-refractivity contribution in [1.82, 2.24) is 0 Å². The lowest BCUT2D eigenvalue weighted by molar-refractivity contribution is -0.386. The van der Waals surface area contributed by atoms with Crippen LogP contribution in [0.3, 0.4) is 0 Å². The van der Waals surface area contributed by atoms with Crippen LogP contribution >= 0.6 is 15.9 Å². The molecule has 0 aliphatic heterocycles. The summed E-state index contributed by atoms with van der Waals surface area (Å²) in [5.41, 5.74) is -1.01. The van der Waals surface area contributed by atoms with E-state index in [0.29, 0.717) is 5.33 Å². The lowest BCUT2D eigenvalue weighted by Gasteiger charge is -2.17. The maximum atomic E-state index is 13.3. The first kappa shape index (κ1) is 14.8. The fraction of sp³-hybridized carbons (Fsp3) is 0.400.